The Balaban J connectivity index is 2.44. The van der Waals surface area contributed by atoms with E-state index in [0.29, 0.717) is 6.04 Å². The van der Waals surface area contributed by atoms with Crippen molar-refractivity contribution in [2.24, 2.45) is 0 Å². The minimum atomic E-state index is -0.159. The zero-order valence-corrected chi connectivity index (χ0v) is 10.5. The third kappa shape index (κ3) is 4.12. The summed E-state index contributed by atoms with van der Waals surface area (Å²) in [5, 5.41) is 3.40. The van der Waals surface area contributed by atoms with Crippen LogP contribution in [0, 0.1) is 0 Å². The lowest BCUT2D eigenvalue weighted by Crippen LogP contribution is -2.44. The van der Waals surface area contributed by atoms with Crippen LogP contribution in [0.15, 0.2) is 12.5 Å². The molecule has 1 saturated heterocycles. The molecule has 1 atom stereocenters. The molecule has 1 aliphatic rings. The summed E-state index contributed by atoms with van der Waals surface area (Å²) < 4.78 is 5.76. The molecule has 1 heterocycles. The molecule has 1 N–H and O–H groups in total. The van der Waals surface area contributed by atoms with Crippen molar-refractivity contribution in [2.75, 3.05) is 20.1 Å². The zero-order chi connectivity index (χ0) is 11.5. The minimum Gasteiger partial charge on any atom is -0.474 e. The van der Waals surface area contributed by atoms with Crippen molar-refractivity contribution < 1.29 is 4.74 Å². The van der Waals surface area contributed by atoms with Crippen molar-refractivity contribution in [1.29, 1.82) is 0 Å². The molecule has 3 nitrogen and oxygen atoms in total. The van der Waals surface area contributed by atoms with Crippen molar-refractivity contribution >= 4 is 0 Å². The molecule has 0 saturated carbocycles. The van der Waals surface area contributed by atoms with E-state index >= 15 is 0 Å². The van der Waals surface area contributed by atoms with Crippen molar-refractivity contribution in [3.63, 3.8) is 0 Å². The van der Waals surface area contributed by atoms with E-state index in [-0.39, 0.29) is 5.60 Å². The zero-order valence-electron chi connectivity index (χ0n) is 10.5. The van der Waals surface area contributed by atoms with Gasteiger partial charge in [0.2, 0.25) is 0 Å². The first-order valence-electron chi connectivity index (χ1n) is 5.71. The average Bonchev–Trinajstić information content (AvgIpc) is 2.15. The van der Waals surface area contributed by atoms with Gasteiger partial charge in [0, 0.05) is 19.6 Å². The molecule has 0 aliphatic carbocycles. The highest BCUT2D eigenvalue weighted by Gasteiger charge is 2.22. The Morgan fingerprint density at radius 1 is 1.47 bits per heavy atom. The molecule has 88 valence electrons. The Bertz CT molecular complexity index is 214. The number of nitrogens with one attached hydrogen (secondary N) is 1. The van der Waals surface area contributed by atoms with E-state index in [1.807, 2.05) is 20.8 Å². The van der Waals surface area contributed by atoms with E-state index in [9.17, 15) is 0 Å². The molecule has 1 aliphatic heterocycles. The number of piperidine rings is 1. The largest absolute Gasteiger partial charge is 0.474 e. The second-order valence-corrected chi connectivity index (χ2v) is 5.22. The second-order valence-electron chi connectivity index (χ2n) is 5.22. The first-order chi connectivity index (χ1) is 6.90. The Kier molecular flexibility index (Phi) is 4.03. The maximum Gasteiger partial charge on any atom is 0.182 e. The van der Waals surface area contributed by atoms with Crippen molar-refractivity contribution in [3.05, 3.63) is 12.5 Å². The molecule has 3 heteroatoms. The number of hydrogen-bond donors (Lipinski definition) is 1. The van der Waals surface area contributed by atoms with Gasteiger partial charge in [-0.25, -0.2) is 0 Å². The number of hydrogen-bond acceptors (Lipinski definition) is 3. The van der Waals surface area contributed by atoms with Gasteiger partial charge in [-0.3, -0.25) is 0 Å². The maximum absolute atomic E-state index is 5.76. The highest BCUT2D eigenvalue weighted by atomic mass is 16.5. The van der Waals surface area contributed by atoms with E-state index < -0.39 is 0 Å². The van der Waals surface area contributed by atoms with Crippen LogP contribution in [0.1, 0.15) is 33.6 Å². The molecule has 0 aromatic heterocycles. The Morgan fingerprint density at radius 3 is 2.60 bits per heavy atom. The molecule has 0 spiro atoms. The van der Waals surface area contributed by atoms with Crippen molar-refractivity contribution in [2.45, 2.75) is 45.3 Å². The van der Waals surface area contributed by atoms with Gasteiger partial charge in [-0.15, -0.1) is 0 Å². The molecule has 0 amide bonds. The summed E-state index contributed by atoms with van der Waals surface area (Å²) in [6, 6.07) is 0.522. The SMILES string of the molecule is C=C(OC(C)(C)C)N(C)C1CCCNC1. The fourth-order valence-corrected chi connectivity index (χ4v) is 1.79. The summed E-state index contributed by atoms with van der Waals surface area (Å²) in [5.41, 5.74) is -0.159. The monoisotopic (exact) mass is 212 g/mol. The third-order valence-corrected chi connectivity index (χ3v) is 2.64. The Labute approximate surface area is 93.5 Å². The molecular formula is C12H24N2O. The van der Waals surface area contributed by atoms with Crippen molar-refractivity contribution in [1.82, 2.24) is 10.2 Å². The molecule has 0 bridgehead atoms. The van der Waals surface area contributed by atoms with Gasteiger partial charge in [0.05, 0.1) is 0 Å². The van der Waals surface area contributed by atoms with Gasteiger partial charge in [0.15, 0.2) is 5.88 Å². The summed E-state index contributed by atoms with van der Waals surface area (Å²) in [4.78, 5) is 2.15. The highest BCUT2D eigenvalue weighted by Crippen LogP contribution is 2.18. The van der Waals surface area contributed by atoms with E-state index in [1.54, 1.807) is 0 Å². The molecule has 15 heavy (non-hydrogen) atoms. The molecular weight excluding hydrogens is 188 g/mol. The van der Waals surface area contributed by atoms with Gasteiger partial charge >= 0.3 is 0 Å². The molecule has 0 aromatic rings. The average molecular weight is 212 g/mol. The number of likely N-dealkylation sites (N-methyl/N-ethyl adjacent to an activating group) is 1. The van der Waals surface area contributed by atoms with E-state index in [1.165, 1.54) is 12.8 Å². The predicted octanol–water partition coefficient (Wildman–Crippen LogP) is 1.96. The molecule has 1 rings (SSSR count). The first-order valence-corrected chi connectivity index (χ1v) is 5.71. The van der Waals surface area contributed by atoms with Crippen LogP contribution in [-0.2, 0) is 4.74 Å². The quantitative estimate of drug-likeness (QED) is 0.724. The molecule has 0 aromatic carbocycles. The highest BCUT2D eigenvalue weighted by molar-refractivity contribution is 4.90. The van der Waals surface area contributed by atoms with Gasteiger partial charge < -0.3 is 15.0 Å². The first kappa shape index (κ1) is 12.4. The van der Waals surface area contributed by atoms with Gasteiger partial charge in [0.25, 0.3) is 0 Å². The van der Waals surface area contributed by atoms with E-state index in [2.05, 4.69) is 23.8 Å². The standard InChI is InChI=1S/C12H24N2O/c1-10(15-12(2,3)4)14(5)11-7-6-8-13-9-11/h11,13H,1,6-9H2,2-5H3. The van der Waals surface area contributed by atoms with Crippen LogP contribution >= 0.6 is 0 Å². The summed E-state index contributed by atoms with van der Waals surface area (Å²) in [6.45, 7) is 12.3. The fraction of sp³-hybridized carbons (Fsp3) is 0.833. The number of ether oxygens (including phenoxy) is 1. The summed E-state index contributed by atoms with van der Waals surface area (Å²) >= 11 is 0. The van der Waals surface area contributed by atoms with Crippen molar-refractivity contribution in [3.8, 4) is 0 Å². The second kappa shape index (κ2) is 4.88. The lowest BCUT2D eigenvalue weighted by Gasteiger charge is -2.36. The maximum atomic E-state index is 5.76. The van der Waals surface area contributed by atoms with Crippen LogP contribution in [-0.4, -0.2) is 36.7 Å². The van der Waals surface area contributed by atoms with Crippen LogP contribution in [0.3, 0.4) is 0 Å². The Hall–Kier alpha value is -0.700. The molecule has 0 radical (unpaired) electrons. The minimum absolute atomic E-state index is 0.159. The Morgan fingerprint density at radius 2 is 2.13 bits per heavy atom. The van der Waals surface area contributed by atoms with E-state index in [4.69, 9.17) is 4.74 Å². The smallest absolute Gasteiger partial charge is 0.182 e. The summed E-state index contributed by atoms with van der Waals surface area (Å²) in [7, 11) is 2.06. The predicted molar refractivity (Wildman–Crippen MR) is 63.6 cm³/mol. The van der Waals surface area contributed by atoms with Crippen LogP contribution in [0.25, 0.3) is 0 Å². The normalized spacial score (nSPS) is 22.3. The number of rotatable bonds is 3. The third-order valence-electron chi connectivity index (χ3n) is 2.64. The van der Waals surface area contributed by atoms with E-state index in [0.717, 1.165) is 19.0 Å². The van der Waals surface area contributed by atoms with Gasteiger partial charge in [-0.2, -0.15) is 0 Å². The van der Waals surface area contributed by atoms with Gasteiger partial charge in [0.1, 0.15) is 5.60 Å². The van der Waals surface area contributed by atoms with Gasteiger partial charge in [-0.05, 0) is 46.7 Å². The summed E-state index contributed by atoms with van der Waals surface area (Å²) in [5.74, 6) is 0.774. The lowest BCUT2D eigenvalue weighted by molar-refractivity contribution is -0.00335. The van der Waals surface area contributed by atoms with Crippen LogP contribution in [0.2, 0.25) is 0 Å². The van der Waals surface area contributed by atoms with Crippen LogP contribution in [0.5, 0.6) is 0 Å². The topological polar surface area (TPSA) is 24.5 Å². The lowest BCUT2D eigenvalue weighted by atomic mass is 10.1. The van der Waals surface area contributed by atoms with Gasteiger partial charge in [-0.1, -0.05) is 0 Å². The van der Waals surface area contributed by atoms with Crippen LogP contribution in [0.4, 0.5) is 0 Å². The molecule has 1 unspecified atom stereocenters. The van der Waals surface area contributed by atoms with Crippen LogP contribution < -0.4 is 5.32 Å². The molecule has 1 fully saturated rings. The number of nitrogens with zero attached hydrogens (tertiary/aromatic N) is 1. The fourth-order valence-electron chi connectivity index (χ4n) is 1.79. The summed E-state index contributed by atoms with van der Waals surface area (Å²) in [6.07, 6.45) is 2.45.